The number of furan rings is 1. The third kappa shape index (κ3) is 5.47. The number of rotatable bonds is 9. The van der Waals surface area contributed by atoms with Gasteiger partial charge in [-0.15, -0.1) is 0 Å². The standard InChI is InChI=1S/C29H27BF2N2O6S/c1-33-29(35)27-22-14-20(16-4-5-16)24(15-26(22)39-28(27)17-6-8-18(31)9-7-17)34-41(37,38)12-2-3-25-21-13-19(32)10-11-23(21)30(36)40-25/h6-11,13-16,25,34,36H,2-5,12H2,1H3,(H,33,35). The molecule has 2 heterocycles. The van der Waals surface area contributed by atoms with E-state index in [4.69, 9.17) is 9.07 Å². The van der Waals surface area contributed by atoms with Crippen LogP contribution in [0.4, 0.5) is 14.5 Å². The highest BCUT2D eigenvalue weighted by atomic mass is 32.2. The molecule has 3 aromatic carbocycles. The Bertz CT molecular complexity index is 1760. The van der Waals surface area contributed by atoms with Crippen LogP contribution in [0.2, 0.25) is 0 Å². The van der Waals surface area contributed by atoms with Crippen LogP contribution in [-0.2, 0) is 14.7 Å². The second kappa shape index (κ2) is 10.6. The first-order valence-electron chi connectivity index (χ1n) is 13.4. The third-order valence-corrected chi connectivity index (χ3v) is 8.89. The summed E-state index contributed by atoms with van der Waals surface area (Å²) in [6.45, 7) is 0. The van der Waals surface area contributed by atoms with E-state index in [1.54, 1.807) is 12.1 Å². The topological polar surface area (TPSA) is 118 Å². The van der Waals surface area contributed by atoms with Crippen molar-refractivity contribution in [1.82, 2.24) is 5.32 Å². The van der Waals surface area contributed by atoms with Gasteiger partial charge in [-0.2, -0.15) is 0 Å². The SMILES string of the molecule is CNC(=O)c1c(-c2ccc(F)cc2)oc2cc(NS(=O)(=O)CCCC3OB(O)c4ccc(F)cc43)c(C3CC3)cc12. The molecule has 1 fully saturated rings. The van der Waals surface area contributed by atoms with E-state index in [1.165, 1.54) is 49.5 Å². The Morgan fingerprint density at radius 1 is 1.05 bits per heavy atom. The molecule has 0 radical (unpaired) electrons. The quantitative estimate of drug-likeness (QED) is 0.249. The second-order valence-corrected chi connectivity index (χ2v) is 12.3. The number of amides is 1. The number of hydrogen-bond acceptors (Lipinski definition) is 6. The van der Waals surface area contributed by atoms with Crippen LogP contribution in [0, 0.1) is 11.6 Å². The number of benzene rings is 3. The van der Waals surface area contributed by atoms with Gasteiger partial charge in [-0.3, -0.25) is 9.52 Å². The van der Waals surface area contributed by atoms with Gasteiger partial charge in [0.15, 0.2) is 0 Å². The molecule has 1 unspecified atom stereocenters. The van der Waals surface area contributed by atoms with Gasteiger partial charge in [-0.25, -0.2) is 17.2 Å². The van der Waals surface area contributed by atoms with Crippen LogP contribution in [0.1, 0.15) is 59.2 Å². The predicted molar refractivity (Wildman–Crippen MR) is 151 cm³/mol. The van der Waals surface area contributed by atoms with Crippen molar-refractivity contribution in [3.05, 3.63) is 82.9 Å². The summed E-state index contributed by atoms with van der Waals surface area (Å²) < 4.78 is 67.9. The molecule has 1 atom stereocenters. The average molecular weight is 580 g/mol. The lowest BCUT2D eigenvalue weighted by atomic mass is 9.79. The fourth-order valence-corrected chi connectivity index (χ4v) is 6.55. The summed E-state index contributed by atoms with van der Waals surface area (Å²) in [7, 11) is -3.48. The van der Waals surface area contributed by atoms with Crippen molar-refractivity contribution < 1.29 is 36.1 Å². The molecule has 12 heteroatoms. The van der Waals surface area contributed by atoms with Crippen molar-refractivity contribution in [3.8, 4) is 11.3 Å². The number of hydrogen-bond donors (Lipinski definition) is 3. The van der Waals surface area contributed by atoms with E-state index in [0.29, 0.717) is 38.8 Å². The number of nitrogens with one attached hydrogen (secondary N) is 2. The van der Waals surface area contributed by atoms with Crippen LogP contribution in [0.5, 0.6) is 0 Å². The van der Waals surface area contributed by atoms with Gasteiger partial charge < -0.3 is 19.4 Å². The van der Waals surface area contributed by atoms with E-state index < -0.39 is 34.9 Å². The molecule has 212 valence electrons. The van der Waals surface area contributed by atoms with Crippen LogP contribution in [0.3, 0.4) is 0 Å². The molecule has 4 aromatic rings. The van der Waals surface area contributed by atoms with Crippen LogP contribution in [0.25, 0.3) is 22.3 Å². The zero-order valence-corrected chi connectivity index (χ0v) is 22.9. The zero-order valence-electron chi connectivity index (χ0n) is 22.1. The molecule has 8 nitrogen and oxygen atoms in total. The number of fused-ring (bicyclic) bond motifs is 2. The first-order chi connectivity index (χ1) is 19.6. The van der Waals surface area contributed by atoms with E-state index in [-0.39, 0.29) is 36.2 Å². The van der Waals surface area contributed by atoms with E-state index in [0.717, 1.165) is 18.4 Å². The summed E-state index contributed by atoms with van der Waals surface area (Å²) in [5, 5.41) is 13.3. The maximum absolute atomic E-state index is 13.8. The van der Waals surface area contributed by atoms with Crippen LogP contribution in [-0.4, -0.2) is 39.3 Å². The van der Waals surface area contributed by atoms with Crippen molar-refractivity contribution >= 4 is 45.2 Å². The molecular formula is C29H27BF2N2O6S. The molecule has 41 heavy (non-hydrogen) atoms. The van der Waals surface area contributed by atoms with Crippen LogP contribution >= 0.6 is 0 Å². The molecule has 2 aliphatic rings. The highest BCUT2D eigenvalue weighted by molar-refractivity contribution is 7.92. The van der Waals surface area contributed by atoms with Crippen molar-refractivity contribution in [3.63, 3.8) is 0 Å². The Balaban J connectivity index is 1.26. The van der Waals surface area contributed by atoms with Gasteiger partial charge in [-0.1, -0.05) is 6.07 Å². The number of sulfonamides is 1. The summed E-state index contributed by atoms with van der Waals surface area (Å²) in [4.78, 5) is 12.9. The number of carbonyl (C=O) groups excluding carboxylic acids is 1. The smallest absolute Gasteiger partial charge is 0.455 e. The Morgan fingerprint density at radius 2 is 1.78 bits per heavy atom. The lowest BCUT2D eigenvalue weighted by Gasteiger charge is -2.15. The zero-order chi connectivity index (χ0) is 28.9. The molecule has 1 aliphatic heterocycles. The highest BCUT2D eigenvalue weighted by Crippen LogP contribution is 2.47. The van der Waals surface area contributed by atoms with E-state index in [2.05, 4.69) is 10.0 Å². The van der Waals surface area contributed by atoms with Gasteiger partial charge >= 0.3 is 7.12 Å². The summed E-state index contributed by atoms with van der Waals surface area (Å²) in [5.74, 6) is -1.08. The Kier molecular flexibility index (Phi) is 7.09. The molecule has 0 bridgehead atoms. The fourth-order valence-electron chi connectivity index (χ4n) is 5.39. The van der Waals surface area contributed by atoms with Gasteiger partial charge in [0.25, 0.3) is 5.91 Å². The Morgan fingerprint density at radius 3 is 2.49 bits per heavy atom. The van der Waals surface area contributed by atoms with Crippen molar-refractivity contribution in [1.29, 1.82) is 0 Å². The van der Waals surface area contributed by atoms with Gasteiger partial charge in [0.1, 0.15) is 23.0 Å². The van der Waals surface area contributed by atoms with E-state index in [9.17, 15) is 27.0 Å². The summed E-state index contributed by atoms with van der Waals surface area (Å²) >= 11 is 0. The highest BCUT2D eigenvalue weighted by Gasteiger charge is 2.35. The minimum Gasteiger partial charge on any atom is -0.455 e. The maximum Gasteiger partial charge on any atom is 0.491 e. The summed E-state index contributed by atoms with van der Waals surface area (Å²) in [6, 6.07) is 13.0. The van der Waals surface area contributed by atoms with Crippen LogP contribution in [0.15, 0.2) is 59.0 Å². The minimum absolute atomic E-state index is 0.138. The maximum atomic E-state index is 13.8. The lowest BCUT2D eigenvalue weighted by molar-refractivity contribution is 0.0964. The number of halogens is 2. The normalized spacial score (nSPS) is 16.7. The van der Waals surface area contributed by atoms with Gasteiger partial charge in [0.05, 0.1) is 23.1 Å². The molecule has 1 saturated carbocycles. The molecule has 3 N–H and O–H groups in total. The van der Waals surface area contributed by atoms with E-state index >= 15 is 0 Å². The minimum atomic E-state index is -3.81. The van der Waals surface area contributed by atoms with Crippen molar-refractivity contribution in [2.24, 2.45) is 0 Å². The molecule has 0 saturated heterocycles. The summed E-state index contributed by atoms with van der Waals surface area (Å²) in [5.41, 5.74) is 3.27. The van der Waals surface area contributed by atoms with E-state index in [1.807, 2.05) is 0 Å². The van der Waals surface area contributed by atoms with Gasteiger partial charge in [0.2, 0.25) is 10.0 Å². The average Bonchev–Trinajstić information content (AvgIpc) is 3.65. The number of carbonyl (C=O) groups is 1. The third-order valence-electron chi connectivity index (χ3n) is 7.54. The number of anilines is 1. The predicted octanol–water partition coefficient (Wildman–Crippen LogP) is 4.60. The lowest BCUT2D eigenvalue weighted by Crippen LogP contribution is -2.27. The van der Waals surface area contributed by atoms with Gasteiger partial charge in [0, 0.05) is 24.1 Å². The molecule has 6 rings (SSSR count). The second-order valence-electron chi connectivity index (χ2n) is 10.4. The van der Waals surface area contributed by atoms with Gasteiger partial charge in [-0.05, 0) is 90.7 Å². The largest absolute Gasteiger partial charge is 0.491 e. The molecule has 1 aromatic heterocycles. The van der Waals surface area contributed by atoms with Crippen molar-refractivity contribution in [2.75, 3.05) is 17.5 Å². The van der Waals surface area contributed by atoms with Crippen LogP contribution < -0.4 is 15.5 Å². The summed E-state index contributed by atoms with van der Waals surface area (Å²) in [6.07, 6.45) is 1.64. The monoisotopic (exact) mass is 580 g/mol. The molecule has 1 aliphatic carbocycles. The fraction of sp³-hybridized carbons (Fsp3) is 0.276. The molecule has 0 spiro atoms. The first-order valence-corrected chi connectivity index (χ1v) is 15.0. The Labute approximate surface area is 235 Å². The molecule has 1 amide bonds. The first kappa shape index (κ1) is 27.4. The Hall–Kier alpha value is -3.74. The van der Waals surface area contributed by atoms with Crippen molar-refractivity contribution in [2.45, 2.75) is 37.7 Å². The molecular weight excluding hydrogens is 553 g/mol.